The summed E-state index contributed by atoms with van der Waals surface area (Å²) in [5, 5.41) is 2.85. The number of nitrogens with zero attached hydrogens (tertiary/aromatic N) is 2. The molecule has 0 aromatic carbocycles. The molecule has 0 aliphatic carbocycles. The van der Waals surface area contributed by atoms with Crippen molar-refractivity contribution in [3.05, 3.63) is 17.7 Å². The summed E-state index contributed by atoms with van der Waals surface area (Å²) in [6.07, 6.45) is 6.04. The maximum atomic E-state index is 11.3. The average Bonchev–Trinajstić information content (AvgIpc) is 2.69. The van der Waals surface area contributed by atoms with E-state index < -0.39 is 0 Å². The van der Waals surface area contributed by atoms with E-state index in [1.807, 2.05) is 0 Å². The lowest BCUT2D eigenvalue weighted by Crippen LogP contribution is -2.22. The lowest BCUT2D eigenvalue weighted by Gasteiger charge is -2.11. The zero-order valence-corrected chi connectivity index (χ0v) is 10.2. The third-order valence-corrected chi connectivity index (χ3v) is 2.99. The molecule has 1 aromatic heterocycles. The second kappa shape index (κ2) is 5.39. The van der Waals surface area contributed by atoms with Gasteiger partial charge in [0.25, 0.3) is 0 Å². The van der Waals surface area contributed by atoms with Gasteiger partial charge in [0.05, 0.1) is 12.2 Å². The standard InChI is InChI=1S/C11H17N3OS/c15-11(4-6-16)12-7-9-8-14-5-2-1-3-10(14)13-9/h8,16H,1-7H2,(H,12,15). The predicted octanol–water partition coefficient (Wildman–Crippen LogP) is 1.16. The summed E-state index contributed by atoms with van der Waals surface area (Å²) < 4.78 is 2.20. The minimum Gasteiger partial charge on any atom is -0.350 e. The van der Waals surface area contributed by atoms with Crippen LogP contribution in [0.1, 0.15) is 30.8 Å². The Hall–Kier alpha value is -0.970. The van der Waals surface area contributed by atoms with Crippen molar-refractivity contribution < 1.29 is 4.79 Å². The normalized spacial score (nSPS) is 14.6. The molecule has 1 aliphatic heterocycles. The van der Waals surface area contributed by atoms with Gasteiger partial charge in [-0.25, -0.2) is 4.98 Å². The number of aryl methyl sites for hydroxylation is 2. The van der Waals surface area contributed by atoms with E-state index in [0.29, 0.717) is 18.7 Å². The van der Waals surface area contributed by atoms with Crippen molar-refractivity contribution in [3.63, 3.8) is 0 Å². The third-order valence-electron chi connectivity index (χ3n) is 2.76. The number of carbonyl (C=O) groups excluding carboxylic acids is 1. The number of imidazole rings is 1. The lowest BCUT2D eigenvalue weighted by atomic mass is 10.2. The van der Waals surface area contributed by atoms with E-state index in [0.717, 1.165) is 24.5 Å². The number of nitrogens with one attached hydrogen (secondary N) is 1. The summed E-state index contributed by atoms with van der Waals surface area (Å²) in [7, 11) is 0. The SMILES string of the molecule is O=C(CCS)NCc1cn2c(n1)CCCC2. The number of hydrogen-bond donors (Lipinski definition) is 2. The zero-order valence-electron chi connectivity index (χ0n) is 9.28. The van der Waals surface area contributed by atoms with Crippen molar-refractivity contribution in [3.8, 4) is 0 Å². The molecule has 1 aromatic rings. The number of amides is 1. The largest absolute Gasteiger partial charge is 0.350 e. The summed E-state index contributed by atoms with van der Waals surface area (Å²) in [5.74, 6) is 1.79. The second-order valence-electron chi connectivity index (χ2n) is 4.05. The second-order valence-corrected chi connectivity index (χ2v) is 4.50. The van der Waals surface area contributed by atoms with Crippen LogP contribution in [0, 0.1) is 0 Å². The minimum absolute atomic E-state index is 0.0426. The van der Waals surface area contributed by atoms with E-state index in [1.54, 1.807) is 0 Å². The van der Waals surface area contributed by atoms with Gasteiger partial charge in [-0.3, -0.25) is 4.79 Å². The molecular weight excluding hydrogens is 222 g/mol. The molecule has 1 N–H and O–H groups in total. The average molecular weight is 239 g/mol. The van der Waals surface area contributed by atoms with Crippen LogP contribution in [0.3, 0.4) is 0 Å². The smallest absolute Gasteiger partial charge is 0.221 e. The topological polar surface area (TPSA) is 46.9 Å². The van der Waals surface area contributed by atoms with Gasteiger partial charge >= 0.3 is 0 Å². The molecule has 2 rings (SSSR count). The van der Waals surface area contributed by atoms with Crippen LogP contribution in [-0.2, 0) is 24.3 Å². The summed E-state index contributed by atoms with van der Waals surface area (Å²) in [6.45, 7) is 1.60. The highest BCUT2D eigenvalue weighted by molar-refractivity contribution is 7.80. The summed E-state index contributed by atoms with van der Waals surface area (Å²) in [4.78, 5) is 15.8. The first-order valence-electron chi connectivity index (χ1n) is 5.72. The van der Waals surface area contributed by atoms with E-state index in [-0.39, 0.29) is 5.91 Å². The van der Waals surface area contributed by atoms with Crippen LogP contribution in [-0.4, -0.2) is 21.2 Å². The summed E-state index contributed by atoms with van der Waals surface area (Å²) in [6, 6.07) is 0. The number of fused-ring (bicyclic) bond motifs is 1. The van der Waals surface area contributed by atoms with Crippen molar-refractivity contribution >= 4 is 18.5 Å². The Morgan fingerprint density at radius 2 is 2.44 bits per heavy atom. The number of thiol groups is 1. The van der Waals surface area contributed by atoms with Gasteiger partial charge in [-0.15, -0.1) is 0 Å². The van der Waals surface area contributed by atoms with Gasteiger partial charge < -0.3 is 9.88 Å². The number of hydrogen-bond acceptors (Lipinski definition) is 3. The van der Waals surface area contributed by atoms with Gasteiger partial charge in [-0.1, -0.05) is 0 Å². The molecule has 0 spiro atoms. The van der Waals surface area contributed by atoms with E-state index in [1.165, 1.54) is 12.8 Å². The minimum atomic E-state index is 0.0426. The van der Waals surface area contributed by atoms with Crippen LogP contribution >= 0.6 is 12.6 Å². The third kappa shape index (κ3) is 2.78. The Morgan fingerprint density at radius 3 is 3.19 bits per heavy atom. The van der Waals surface area contributed by atoms with Gasteiger partial charge in [0.15, 0.2) is 0 Å². The summed E-state index contributed by atoms with van der Waals surface area (Å²) in [5.41, 5.74) is 0.962. The molecule has 0 bridgehead atoms. The highest BCUT2D eigenvalue weighted by Gasteiger charge is 2.12. The lowest BCUT2D eigenvalue weighted by molar-refractivity contribution is -0.120. The van der Waals surface area contributed by atoms with Crippen LogP contribution in [0.2, 0.25) is 0 Å². The molecular formula is C11H17N3OS. The van der Waals surface area contributed by atoms with E-state index >= 15 is 0 Å². The van der Waals surface area contributed by atoms with Crippen molar-refractivity contribution in [1.29, 1.82) is 0 Å². The van der Waals surface area contributed by atoms with E-state index in [9.17, 15) is 4.79 Å². The molecule has 0 saturated carbocycles. The fraction of sp³-hybridized carbons (Fsp3) is 0.636. The molecule has 0 atom stereocenters. The fourth-order valence-electron chi connectivity index (χ4n) is 1.94. The van der Waals surface area contributed by atoms with Crippen LogP contribution in [0.15, 0.2) is 6.20 Å². The Labute approximate surface area is 101 Å². The van der Waals surface area contributed by atoms with Crippen molar-refractivity contribution in [1.82, 2.24) is 14.9 Å². The highest BCUT2D eigenvalue weighted by Crippen LogP contribution is 2.14. The van der Waals surface area contributed by atoms with Gasteiger partial charge in [0, 0.05) is 25.6 Å². The molecule has 0 unspecified atom stereocenters. The van der Waals surface area contributed by atoms with Gasteiger partial charge in [-0.2, -0.15) is 12.6 Å². The van der Waals surface area contributed by atoms with Crippen LogP contribution in [0.4, 0.5) is 0 Å². The number of carbonyl (C=O) groups is 1. The molecule has 16 heavy (non-hydrogen) atoms. The molecule has 5 heteroatoms. The van der Waals surface area contributed by atoms with E-state index in [2.05, 4.69) is 33.7 Å². The van der Waals surface area contributed by atoms with Crippen LogP contribution < -0.4 is 5.32 Å². The quantitative estimate of drug-likeness (QED) is 0.774. The van der Waals surface area contributed by atoms with Gasteiger partial charge in [-0.05, 0) is 18.6 Å². The maximum absolute atomic E-state index is 11.3. The first-order chi connectivity index (χ1) is 7.79. The van der Waals surface area contributed by atoms with Crippen molar-refractivity contribution in [2.75, 3.05) is 5.75 Å². The molecule has 0 radical (unpaired) electrons. The summed E-state index contributed by atoms with van der Waals surface area (Å²) >= 11 is 4.02. The molecule has 4 nitrogen and oxygen atoms in total. The maximum Gasteiger partial charge on any atom is 0.221 e. The Kier molecular flexibility index (Phi) is 3.88. The first-order valence-corrected chi connectivity index (χ1v) is 6.35. The van der Waals surface area contributed by atoms with E-state index in [4.69, 9.17) is 0 Å². The zero-order chi connectivity index (χ0) is 11.4. The fourth-order valence-corrected chi connectivity index (χ4v) is 2.14. The predicted molar refractivity (Wildman–Crippen MR) is 65.5 cm³/mol. The number of rotatable bonds is 4. The Balaban J connectivity index is 1.90. The van der Waals surface area contributed by atoms with Crippen LogP contribution in [0.25, 0.3) is 0 Å². The monoisotopic (exact) mass is 239 g/mol. The van der Waals surface area contributed by atoms with Crippen LogP contribution in [0.5, 0.6) is 0 Å². The molecule has 1 amide bonds. The highest BCUT2D eigenvalue weighted by atomic mass is 32.1. The van der Waals surface area contributed by atoms with Crippen molar-refractivity contribution in [2.24, 2.45) is 0 Å². The Morgan fingerprint density at radius 1 is 1.56 bits per heavy atom. The molecule has 1 aliphatic rings. The van der Waals surface area contributed by atoms with Gasteiger partial charge in [0.2, 0.25) is 5.91 Å². The Bertz CT molecular complexity index is 352. The molecule has 0 saturated heterocycles. The molecule has 0 fully saturated rings. The molecule has 2 heterocycles. The first kappa shape index (κ1) is 11.5. The van der Waals surface area contributed by atoms with Crippen molar-refractivity contribution in [2.45, 2.75) is 38.8 Å². The molecule has 88 valence electrons. The van der Waals surface area contributed by atoms with Gasteiger partial charge in [0.1, 0.15) is 5.82 Å². The number of aromatic nitrogens is 2.